The van der Waals surface area contributed by atoms with Gasteiger partial charge in [0.25, 0.3) is 0 Å². The Morgan fingerprint density at radius 3 is 1.50 bits per heavy atom. The van der Waals surface area contributed by atoms with Gasteiger partial charge in [-0.3, -0.25) is 0 Å². The lowest BCUT2D eigenvalue weighted by Gasteiger charge is -2.36. The lowest BCUT2D eigenvalue weighted by Crippen LogP contribution is -2.25. The van der Waals surface area contributed by atoms with Crippen molar-refractivity contribution in [3.8, 4) is 0 Å². The highest BCUT2D eigenvalue weighted by molar-refractivity contribution is 5.05. The summed E-state index contributed by atoms with van der Waals surface area (Å²) in [4.78, 5) is 0. The maximum atomic E-state index is 6.29. The van der Waals surface area contributed by atoms with Crippen molar-refractivity contribution in [3.05, 3.63) is 23.6 Å². The molecule has 0 bridgehead atoms. The van der Waals surface area contributed by atoms with Crippen LogP contribution in [-0.4, -0.2) is 33.6 Å². The molecule has 188 valence electrons. The summed E-state index contributed by atoms with van der Waals surface area (Å²) in [6.07, 6.45) is 13.7. The summed E-state index contributed by atoms with van der Waals surface area (Å²) in [6, 6.07) is 0. The zero-order chi connectivity index (χ0) is 23.7. The Balaban J connectivity index is 1.18. The summed E-state index contributed by atoms with van der Waals surface area (Å²) in [5.74, 6) is 5.45. The monoisotopic (exact) mass is 470 g/mol. The minimum Gasteiger partial charge on any atom is -0.425 e. The molecule has 2 heterocycles. The first kappa shape index (κ1) is 24.0. The molecule has 0 aliphatic heterocycles. The summed E-state index contributed by atoms with van der Waals surface area (Å²) in [7, 11) is 1.80. The number of rotatable bonds is 5. The summed E-state index contributed by atoms with van der Waals surface area (Å²) in [5.41, 5.74) is 0.389. The highest BCUT2D eigenvalue weighted by Crippen LogP contribution is 2.45. The van der Waals surface area contributed by atoms with Gasteiger partial charge in [0.2, 0.25) is 23.6 Å². The first-order valence-electron chi connectivity index (χ1n) is 13.6. The average Bonchev–Trinajstić information content (AvgIpc) is 3.54. The number of hydrogen-bond acceptors (Lipinski definition) is 7. The Morgan fingerprint density at radius 2 is 1.06 bits per heavy atom. The standard InChI is InChI=1S/C27H42N4O3/c1-27(2,3)21-12-8-17(9-13-21)23-28-30-25(33-23)19-6-5-7-20(16-19)26-31-29-24(34-26)18-10-14-22(32-4)15-11-18/h17-22H,5-16H2,1-4H3. The van der Waals surface area contributed by atoms with E-state index in [0.717, 1.165) is 93.7 Å². The summed E-state index contributed by atoms with van der Waals surface area (Å²) in [6.45, 7) is 7.08. The molecule has 3 aliphatic carbocycles. The minimum atomic E-state index is 0.285. The highest BCUT2D eigenvalue weighted by atomic mass is 16.5. The van der Waals surface area contributed by atoms with E-state index in [1.807, 2.05) is 0 Å². The zero-order valence-electron chi connectivity index (χ0n) is 21.5. The molecule has 0 N–H and O–H groups in total. The number of aromatic nitrogens is 4. The summed E-state index contributed by atoms with van der Waals surface area (Å²) >= 11 is 0. The SMILES string of the molecule is COC1CCC(c2nnc(C3CCCC(c4nnc(C5CCC(C(C)(C)C)CC5)o4)C3)o2)CC1. The van der Waals surface area contributed by atoms with Gasteiger partial charge in [0.15, 0.2) is 0 Å². The molecular weight excluding hydrogens is 428 g/mol. The zero-order valence-corrected chi connectivity index (χ0v) is 21.5. The lowest BCUT2D eigenvalue weighted by atomic mass is 9.70. The Labute approximate surface area is 203 Å². The molecule has 0 saturated heterocycles. The number of nitrogens with zero attached hydrogens (tertiary/aromatic N) is 4. The first-order valence-corrected chi connectivity index (χ1v) is 13.6. The van der Waals surface area contributed by atoms with Crippen molar-refractivity contribution >= 4 is 0 Å². The summed E-state index contributed by atoms with van der Waals surface area (Å²) < 4.78 is 18.0. The van der Waals surface area contributed by atoms with E-state index in [0.29, 0.717) is 29.3 Å². The molecule has 5 rings (SSSR count). The van der Waals surface area contributed by atoms with Gasteiger partial charge in [0.1, 0.15) is 0 Å². The molecule has 7 heteroatoms. The van der Waals surface area contributed by atoms with Crippen molar-refractivity contribution in [2.45, 2.75) is 128 Å². The van der Waals surface area contributed by atoms with E-state index in [2.05, 4.69) is 41.2 Å². The van der Waals surface area contributed by atoms with Crippen LogP contribution in [0.4, 0.5) is 0 Å². The van der Waals surface area contributed by atoms with E-state index in [4.69, 9.17) is 13.6 Å². The molecular formula is C27H42N4O3. The second kappa shape index (κ2) is 10.1. The van der Waals surface area contributed by atoms with E-state index in [1.165, 1.54) is 12.8 Å². The highest BCUT2D eigenvalue weighted by Gasteiger charge is 2.35. The van der Waals surface area contributed by atoms with Crippen molar-refractivity contribution < 1.29 is 13.6 Å². The fourth-order valence-corrected chi connectivity index (χ4v) is 6.54. The topological polar surface area (TPSA) is 87.1 Å². The van der Waals surface area contributed by atoms with Gasteiger partial charge in [-0.15, -0.1) is 20.4 Å². The van der Waals surface area contributed by atoms with Gasteiger partial charge in [0, 0.05) is 30.8 Å². The van der Waals surface area contributed by atoms with E-state index in [-0.39, 0.29) is 5.92 Å². The van der Waals surface area contributed by atoms with Gasteiger partial charge >= 0.3 is 0 Å². The van der Waals surface area contributed by atoms with E-state index < -0.39 is 0 Å². The Morgan fingerprint density at radius 1 is 0.618 bits per heavy atom. The van der Waals surface area contributed by atoms with Crippen LogP contribution < -0.4 is 0 Å². The Hall–Kier alpha value is -1.76. The molecule has 7 nitrogen and oxygen atoms in total. The molecule has 3 saturated carbocycles. The van der Waals surface area contributed by atoms with Crippen LogP contribution in [0.15, 0.2) is 8.83 Å². The molecule has 2 unspecified atom stereocenters. The van der Waals surface area contributed by atoms with Crippen molar-refractivity contribution in [1.82, 2.24) is 20.4 Å². The molecule has 0 amide bonds. The minimum absolute atomic E-state index is 0.285. The van der Waals surface area contributed by atoms with Crippen molar-refractivity contribution in [2.75, 3.05) is 7.11 Å². The molecule has 0 aromatic carbocycles. The Kier molecular flexibility index (Phi) is 7.10. The summed E-state index contributed by atoms with van der Waals surface area (Å²) in [5, 5.41) is 17.9. The third kappa shape index (κ3) is 5.24. The van der Waals surface area contributed by atoms with Crippen LogP contribution in [0.25, 0.3) is 0 Å². The number of methoxy groups -OCH3 is 1. The molecule has 0 radical (unpaired) electrons. The van der Waals surface area contributed by atoms with Crippen LogP contribution in [0, 0.1) is 11.3 Å². The van der Waals surface area contributed by atoms with Gasteiger partial charge in [-0.2, -0.15) is 0 Å². The van der Waals surface area contributed by atoms with Gasteiger partial charge in [-0.25, -0.2) is 0 Å². The first-order chi connectivity index (χ1) is 16.4. The van der Waals surface area contributed by atoms with Crippen LogP contribution in [0.1, 0.15) is 145 Å². The number of hydrogen-bond donors (Lipinski definition) is 0. The van der Waals surface area contributed by atoms with E-state index in [1.54, 1.807) is 7.11 Å². The van der Waals surface area contributed by atoms with Gasteiger partial charge in [0.05, 0.1) is 6.10 Å². The van der Waals surface area contributed by atoms with Crippen LogP contribution >= 0.6 is 0 Å². The van der Waals surface area contributed by atoms with Crippen LogP contribution in [0.2, 0.25) is 0 Å². The predicted molar refractivity (Wildman–Crippen MR) is 129 cm³/mol. The quantitative estimate of drug-likeness (QED) is 0.470. The van der Waals surface area contributed by atoms with Gasteiger partial charge in [-0.05, 0) is 82.0 Å². The molecule has 2 aromatic heterocycles. The van der Waals surface area contributed by atoms with Gasteiger partial charge in [-0.1, -0.05) is 27.2 Å². The molecule has 3 fully saturated rings. The molecule has 2 atom stereocenters. The average molecular weight is 471 g/mol. The van der Waals surface area contributed by atoms with Crippen molar-refractivity contribution in [1.29, 1.82) is 0 Å². The maximum Gasteiger partial charge on any atom is 0.219 e. The predicted octanol–water partition coefficient (Wildman–Crippen LogP) is 6.89. The van der Waals surface area contributed by atoms with Crippen molar-refractivity contribution in [3.63, 3.8) is 0 Å². The third-order valence-electron chi connectivity index (χ3n) is 8.94. The molecule has 0 spiro atoms. The largest absolute Gasteiger partial charge is 0.425 e. The smallest absolute Gasteiger partial charge is 0.219 e. The lowest BCUT2D eigenvalue weighted by molar-refractivity contribution is 0.0631. The Bertz CT molecular complexity index is 916. The van der Waals surface area contributed by atoms with Crippen LogP contribution in [-0.2, 0) is 4.74 Å². The number of ether oxygens (including phenoxy) is 1. The van der Waals surface area contributed by atoms with Gasteiger partial charge < -0.3 is 13.6 Å². The van der Waals surface area contributed by atoms with Crippen LogP contribution in [0.3, 0.4) is 0 Å². The third-order valence-corrected chi connectivity index (χ3v) is 8.94. The van der Waals surface area contributed by atoms with E-state index in [9.17, 15) is 0 Å². The normalized spacial score (nSPS) is 33.2. The van der Waals surface area contributed by atoms with Crippen molar-refractivity contribution in [2.24, 2.45) is 11.3 Å². The molecule has 34 heavy (non-hydrogen) atoms. The second-order valence-corrected chi connectivity index (χ2v) is 12.1. The van der Waals surface area contributed by atoms with E-state index >= 15 is 0 Å². The second-order valence-electron chi connectivity index (χ2n) is 12.1. The molecule has 3 aliphatic rings. The molecule has 2 aromatic rings. The van der Waals surface area contributed by atoms with Crippen LogP contribution in [0.5, 0.6) is 0 Å². The maximum absolute atomic E-state index is 6.29. The fraction of sp³-hybridized carbons (Fsp3) is 0.852. The fourth-order valence-electron chi connectivity index (χ4n) is 6.54.